The fourth-order valence-electron chi connectivity index (χ4n) is 1.78. The summed E-state index contributed by atoms with van der Waals surface area (Å²) in [5.74, 6) is 0.653. The van der Waals surface area contributed by atoms with Crippen LogP contribution in [0.4, 0.5) is 0 Å². The lowest BCUT2D eigenvalue weighted by Crippen LogP contribution is -2.21. The molecule has 0 spiro atoms. The third kappa shape index (κ3) is 7.29. The minimum Gasteiger partial charge on any atom is -0.463 e. The number of aliphatic hydroxyl groups is 1. The Morgan fingerprint density at radius 3 is 2.71 bits per heavy atom. The van der Waals surface area contributed by atoms with Gasteiger partial charge in [0.1, 0.15) is 11.5 Å². The lowest BCUT2D eigenvalue weighted by atomic mass is 9.99. The van der Waals surface area contributed by atoms with E-state index in [4.69, 9.17) is 9.47 Å². The molecule has 5 heteroatoms. The molecule has 0 aliphatic heterocycles. The molecule has 0 unspecified atom stereocenters. The van der Waals surface area contributed by atoms with Gasteiger partial charge in [0.25, 0.3) is 0 Å². The average molecular weight is 357 g/mol. The smallest absolute Gasteiger partial charge is 0.334 e. The summed E-state index contributed by atoms with van der Waals surface area (Å²) < 4.78 is 10.5. The van der Waals surface area contributed by atoms with Crippen molar-refractivity contribution in [1.82, 2.24) is 0 Å². The molecule has 0 aliphatic rings. The van der Waals surface area contributed by atoms with Crippen molar-refractivity contribution < 1.29 is 19.4 Å². The highest BCUT2D eigenvalue weighted by Crippen LogP contribution is 2.20. The first-order chi connectivity index (χ1) is 9.84. The Hall–Kier alpha value is -1.33. The molecule has 0 amide bonds. The van der Waals surface area contributed by atoms with E-state index in [1.807, 2.05) is 18.2 Å². The summed E-state index contributed by atoms with van der Waals surface area (Å²) in [5, 5.41) is 10.3. The van der Waals surface area contributed by atoms with Crippen LogP contribution in [0.25, 0.3) is 0 Å². The highest BCUT2D eigenvalue weighted by molar-refractivity contribution is 9.09. The molecule has 0 bridgehead atoms. The fourth-order valence-corrected chi connectivity index (χ4v) is 2.06. The molecule has 21 heavy (non-hydrogen) atoms. The molecule has 1 aromatic carbocycles. The molecule has 1 rings (SSSR count). The average Bonchev–Trinajstić information content (AvgIpc) is 2.36. The number of alkyl halides is 1. The number of ether oxygens (including phenoxy) is 2. The van der Waals surface area contributed by atoms with Crippen molar-refractivity contribution in [3.8, 4) is 5.75 Å². The van der Waals surface area contributed by atoms with E-state index in [9.17, 15) is 9.90 Å². The van der Waals surface area contributed by atoms with Crippen molar-refractivity contribution in [2.45, 2.75) is 32.8 Å². The van der Waals surface area contributed by atoms with Crippen LogP contribution in [0.2, 0.25) is 0 Å². The van der Waals surface area contributed by atoms with Crippen LogP contribution in [0.1, 0.15) is 26.3 Å². The number of hydrogen-bond acceptors (Lipinski definition) is 4. The number of allylic oxidation sites excluding steroid dienone is 1. The predicted molar refractivity (Wildman–Crippen MR) is 85.6 cm³/mol. The minimum absolute atomic E-state index is 0.325. The molecule has 0 radical (unpaired) electrons. The topological polar surface area (TPSA) is 55.8 Å². The highest BCUT2D eigenvalue weighted by atomic mass is 79.9. The van der Waals surface area contributed by atoms with Gasteiger partial charge in [0.15, 0.2) is 0 Å². The Balaban J connectivity index is 2.81. The summed E-state index contributed by atoms with van der Waals surface area (Å²) in [6, 6.07) is 7.43. The molecule has 0 fully saturated rings. The van der Waals surface area contributed by atoms with Gasteiger partial charge >= 0.3 is 5.97 Å². The van der Waals surface area contributed by atoms with E-state index in [1.165, 1.54) is 6.08 Å². The molecule has 0 aliphatic carbocycles. The van der Waals surface area contributed by atoms with E-state index < -0.39 is 11.6 Å². The summed E-state index contributed by atoms with van der Waals surface area (Å²) in [4.78, 5) is 11.4. The summed E-state index contributed by atoms with van der Waals surface area (Å²) in [7, 11) is 0. The largest absolute Gasteiger partial charge is 0.463 e. The van der Waals surface area contributed by atoms with E-state index in [0.29, 0.717) is 29.9 Å². The summed E-state index contributed by atoms with van der Waals surface area (Å²) in [6.45, 7) is 5.59. The van der Waals surface area contributed by atoms with Crippen molar-refractivity contribution in [3.05, 3.63) is 41.7 Å². The molecule has 0 saturated heterocycles. The van der Waals surface area contributed by atoms with E-state index >= 15 is 0 Å². The maximum absolute atomic E-state index is 11.4. The molecule has 1 N–H and O–H groups in total. The second kappa shape index (κ2) is 8.20. The van der Waals surface area contributed by atoms with E-state index in [-0.39, 0.29) is 0 Å². The van der Waals surface area contributed by atoms with E-state index in [1.54, 1.807) is 26.8 Å². The van der Waals surface area contributed by atoms with Gasteiger partial charge in [-0.05, 0) is 38.5 Å². The molecule has 1 aromatic rings. The van der Waals surface area contributed by atoms with Gasteiger partial charge in [0.2, 0.25) is 0 Å². The molecular formula is C16H21BrO4. The molecule has 0 atom stereocenters. The SMILES string of the molecule is CCOC(=O)/C=C(\CBr)Oc1cccc(CC(C)(C)O)c1. The maximum atomic E-state index is 11.4. The third-order valence-corrected chi connectivity index (χ3v) is 3.03. The van der Waals surface area contributed by atoms with Crippen LogP contribution in [0.15, 0.2) is 36.1 Å². The van der Waals surface area contributed by atoms with Gasteiger partial charge in [-0.2, -0.15) is 0 Å². The second-order valence-corrected chi connectivity index (χ2v) is 5.80. The Morgan fingerprint density at radius 1 is 1.43 bits per heavy atom. The van der Waals surface area contributed by atoms with E-state index in [2.05, 4.69) is 15.9 Å². The standard InChI is InChI=1S/C16H21BrO4/c1-4-20-15(18)9-14(11-17)21-13-7-5-6-12(8-13)10-16(2,3)19/h5-9,19H,4,10-11H2,1-3H3/b14-9+. The van der Waals surface area contributed by atoms with Gasteiger partial charge in [0, 0.05) is 6.42 Å². The van der Waals surface area contributed by atoms with Crippen molar-refractivity contribution in [1.29, 1.82) is 0 Å². The van der Waals surface area contributed by atoms with Gasteiger partial charge < -0.3 is 14.6 Å². The number of hydrogen-bond donors (Lipinski definition) is 1. The molecule has 0 saturated carbocycles. The first kappa shape index (κ1) is 17.7. The normalized spacial score (nSPS) is 12.1. The third-order valence-electron chi connectivity index (χ3n) is 2.48. The van der Waals surface area contributed by atoms with Crippen LogP contribution in [0.3, 0.4) is 0 Å². The van der Waals surface area contributed by atoms with Crippen molar-refractivity contribution in [2.24, 2.45) is 0 Å². The lowest BCUT2D eigenvalue weighted by Gasteiger charge is -2.17. The summed E-state index contributed by atoms with van der Waals surface area (Å²) in [5.41, 5.74) is 0.183. The molecule has 0 aromatic heterocycles. The maximum Gasteiger partial charge on any atom is 0.334 e. The Morgan fingerprint density at radius 2 is 2.14 bits per heavy atom. The van der Waals surface area contributed by atoms with Gasteiger partial charge in [-0.15, -0.1) is 0 Å². The molecule has 4 nitrogen and oxygen atoms in total. The number of halogens is 1. The van der Waals surface area contributed by atoms with Crippen molar-refractivity contribution >= 4 is 21.9 Å². The Labute approximate surface area is 133 Å². The Kier molecular flexibility index (Phi) is 6.92. The molecule has 116 valence electrons. The number of esters is 1. The van der Waals surface area contributed by atoms with Crippen LogP contribution in [0.5, 0.6) is 5.75 Å². The van der Waals surface area contributed by atoms with Crippen LogP contribution in [-0.4, -0.2) is 28.6 Å². The molecular weight excluding hydrogens is 336 g/mol. The first-order valence-corrected chi connectivity index (χ1v) is 7.88. The zero-order valence-corrected chi connectivity index (χ0v) is 14.1. The number of rotatable bonds is 7. The minimum atomic E-state index is -0.780. The predicted octanol–water partition coefficient (Wildman–Crippen LogP) is 3.22. The zero-order chi connectivity index (χ0) is 15.9. The lowest BCUT2D eigenvalue weighted by molar-refractivity contribution is -0.137. The van der Waals surface area contributed by atoms with Gasteiger partial charge in [-0.3, -0.25) is 0 Å². The zero-order valence-electron chi connectivity index (χ0n) is 12.6. The summed E-state index contributed by atoms with van der Waals surface area (Å²) in [6.07, 6.45) is 1.84. The van der Waals surface area contributed by atoms with Crippen LogP contribution < -0.4 is 4.74 Å². The number of carbonyl (C=O) groups is 1. The van der Waals surface area contributed by atoms with Gasteiger partial charge in [0.05, 0.1) is 23.6 Å². The molecule has 0 heterocycles. The van der Waals surface area contributed by atoms with E-state index in [0.717, 1.165) is 5.56 Å². The van der Waals surface area contributed by atoms with Crippen LogP contribution in [-0.2, 0) is 16.0 Å². The quantitative estimate of drug-likeness (QED) is 0.352. The monoisotopic (exact) mass is 356 g/mol. The number of carbonyl (C=O) groups excluding carboxylic acids is 1. The van der Waals surface area contributed by atoms with Crippen LogP contribution in [0, 0.1) is 0 Å². The van der Waals surface area contributed by atoms with Crippen molar-refractivity contribution in [2.75, 3.05) is 11.9 Å². The van der Waals surface area contributed by atoms with Gasteiger partial charge in [-0.25, -0.2) is 4.79 Å². The number of benzene rings is 1. The van der Waals surface area contributed by atoms with Crippen molar-refractivity contribution in [3.63, 3.8) is 0 Å². The highest BCUT2D eigenvalue weighted by Gasteiger charge is 2.14. The Bertz CT molecular complexity index is 503. The van der Waals surface area contributed by atoms with Crippen LogP contribution >= 0.6 is 15.9 Å². The van der Waals surface area contributed by atoms with Gasteiger partial charge in [-0.1, -0.05) is 28.1 Å². The second-order valence-electron chi connectivity index (χ2n) is 5.24. The first-order valence-electron chi connectivity index (χ1n) is 6.76. The summed E-state index contributed by atoms with van der Waals surface area (Å²) >= 11 is 3.28. The fraction of sp³-hybridized carbons (Fsp3) is 0.438.